The maximum Gasteiger partial charge on any atom is 0.320 e. The van der Waals surface area contributed by atoms with Crippen molar-refractivity contribution in [1.29, 1.82) is 0 Å². The highest BCUT2D eigenvalue weighted by molar-refractivity contribution is 5.73. The Morgan fingerprint density at radius 3 is 2.19 bits per heavy atom. The Kier molecular flexibility index (Phi) is 9.06. The highest BCUT2D eigenvalue weighted by atomic mass is 16.4. The molecule has 21 heavy (non-hydrogen) atoms. The van der Waals surface area contributed by atoms with Crippen LogP contribution in [-0.4, -0.2) is 62.0 Å². The van der Waals surface area contributed by atoms with Crippen LogP contribution in [0.3, 0.4) is 0 Å². The normalized spacial score (nSPS) is 13.0. The predicted molar refractivity (Wildman–Crippen MR) is 73.9 cm³/mol. The molecule has 0 fully saturated rings. The number of rotatable bonds is 6. The third-order valence-electron chi connectivity index (χ3n) is 2.49. The Morgan fingerprint density at radius 2 is 1.81 bits per heavy atom. The summed E-state index contributed by atoms with van der Waals surface area (Å²) >= 11 is 0. The molecule has 0 aromatic heterocycles. The molecule has 1 unspecified atom stereocenters. The van der Waals surface area contributed by atoms with Crippen LogP contribution in [0.15, 0.2) is 18.2 Å². The van der Waals surface area contributed by atoms with Crippen molar-refractivity contribution >= 4 is 5.97 Å². The number of aromatic hydroxyl groups is 2. The second kappa shape index (κ2) is 9.94. The van der Waals surface area contributed by atoms with Crippen molar-refractivity contribution < 1.29 is 35.4 Å². The lowest BCUT2D eigenvalue weighted by Crippen LogP contribution is -2.32. The molecule has 0 radical (unpaired) electrons. The van der Waals surface area contributed by atoms with E-state index in [1.165, 1.54) is 18.2 Å². The van der Waals surface area contributed by atoms with Crippen LogP contribution in [0.2, 0.25) is 0 Å². The van der Waals surface area contributed by atoms with E-state index in [0.717, 1.165) is 0 Å². The van der Waals surface area contributed by atoms with Gasteiger partial charge in [0.2, 0.25) is 0 Å². The Hall–Kier alpha value is -1.87. The van der Waals surface area contributed by atoms with Gasteiger partial charge in [-0.25, -0.2) is 0 Å². The molecule has 8 nitrogen and oxygen atoms in total. The Balaban J connectivity index is 0.000000486. The van der Waals surface area contributed by atoms with Crippen molar-refractivity contribution in [2.24, 2.45) is 5.73 Å². The molecule has 2 atom stereocenters. The van der Waals surface area contributed by atoms with E-state index in [0.29, 0.717) is 5.56 Å². The molecular formula is C13H21NO7. The summed E-state index contributed by atoms with van der Waals surface area (Å²) in [4.78, 5) is 10.4. The Morgan fingerprint density at radius 1 is 1.19 bits per heavy atom. The summed E-state index contributed by atoms with van der Waals surface area (Å²) < 4.78 is 0. The van der Waals surface area contributed by atoms with E-state index in [1.807, 2.05) is 0 Å². The average molecular weight is 303 g/mol. The van der Waals surface area contributed by atoms with E-state index in [2.05, 4.69) is 0 Å². The third-order valence-corrected chi connectivity index (χ3v) is 2.49. The second-order valence-corrected chi connectivity index (χ2v) is 4.32. The number of phenols is 2. The van der Waals surface area contributed by atoms with E-state index in [-0.39, 0.29) is 37.6 Å². The smallest absolute Gasteiger partial charge is 0.320 e. The zero-order valence-electron chi connectivity index (χ0n) is 11.4. The van der Waals surface area contributed by atoms with E-state index in [4.69, 9.17) is 36.4 Å². The molecule has 1 rings (SSSR count). The van der Waals surface area contributed by atoms with Gasteiger partial charge in [0.15, 0.2) is 11.5 Å². The van der Waals surface area contributed by atoms with Gasteiger partial charge in [-0.1, -0.05) is 6.07 Å². The van der Waals surface area contributed by atoms with Crippen LogP contribution < -0.4 is 5.73 Å². The van der Waals surface area contributed by atoms with Crippen LogP contribution in [0.1, 0.15) is 12.0 Å². The van der Waals surface area contributed by atoms with Gasteiger partial charge in [0.05, 0.1) is 12.7 Å². The molecule has 1 aromatic rings. The standard InChI is InChI=1S/C9H11NO4.C4H10O3/c10-6(9(13)14)3-5-1-2-7(11)8(12)4-5;5-2-1-4(7)3-6/h1-2,4,6,11-12H,3,10H2,(H,13,14);4-7H,1-3H2/t6-;/m0./s1. The first kappa shape index (κ1) is 19.1. The Labute approximate surface area is 121 Å². The van der Waals surface area contributed by atoms with E-state index in [1.54, 1.807) is 0 Å². The third kappa shape index (κ3) is 8.10. The number of aliphatic hydroxyl groups is 3. The maximum atomic E-state index is 10.4. The number of aliphatic carboxylic acids is 1. The van der Waals surface area contributed by atoms with Gasteiger partial charge >= 0.3 is 5.97 Å². The van der Waals surface area contributed by atoms with Crippen LogP contribution in [-0.2, 0) is 11.2 Å². The monoisotopic (exact) mass is 303 g/mol. The maximum absolute atomic E-state index is 10.4. The molecule has 1 aromatic carbocycles. The molecule has 0 aliphatic heterocycles. The van der Waals surface area contributed by atoms with Crippen LogP contribution in [0.4, 0.5) is 0 Å². The van der Waals surface area contributed by atoms with Crippen molar-refractivity contribution in [3.63, 3.8) is 0 Å². The number of carboxylic acids is 1. The van der Waals surface area contributed by atoms with Crippen molar-refractivity contribution in [2.75, 3.05) is 13.2 Å². The fourth-order valence-electron chi connectivity index (χ4n) is 1.28. The van der Waals surface area contributed by atoms with Gasteiger partial charge in [-0.3, -0.25) is 4.79 Å². The van der Waals surface area contributed by atoms with Crippen LogP contribution in [0, 0.1) is 0 Å². The number of aliphatic hydroxyl groups excluding tert-OH is 3. The van der Waals surface area contributed by atoms with Crippen molar-refractivity contribution in [3.8, 4) is 11.5 Å². The summed E-state index contributed by atoms with van der Waals surface area (Å²) in [7, 11) is 0. The van der Waals surface area contributed by atoms with Crippen molar-refractivity contribution in [3.05, 3.63) is 23.8 Å². The lowest BCUT2D eigenvalue weighted by molar-refractivity contribution is -0.138. The summed E-state index contributed by atoms with van der Waals surface area (Å²) in [5.74, 6) is -1.62. The molecule has 0 aliphatic carbocycles. The molecular weight excluding hydrogens is 282 g/mol. The van der Waals surface area contributed by atoms with Gasteiger partial charge in [-0.2, -0.15) is 0 Å². The van der Waals surface area contributed by atoms with Crippen molar-refractivity contribution in [2.45, 2.75) is 25.0 Å². The highest BCUT2D eigenvalue weighted by Gasteiger charge is 2.12. The second-order valence-electron chi connectivity index (χ2n) is 4.32. The first-order valence-corrected chi connectivity index (χ1v) is 6.20. The largest absolute Gasteiger partial charge is 0.504 e. The fraction of sp³-hybridized carbons (Fsp3) is 0.462. The summed E-state index contributed by atoms with van der Waals surface area (Å²) in [5.41, 5.74) is 5.86. The molecule has 0 aliphatic rings. The van der Waals surface area contributed by atoms with E-state index >= 15 is 0 Å². The number of carboxylic acid groups (broad SMARTS) is 1. The van der Waals surface area contributed by atoms with E-state index < -0.39 is 18.1 Å². The zero-order chi connectivity index (χ0) is 16.4. The highest BCUT2D eigenvalue weighted by Crippen LogP contribution is 2.25. The molecule has 0 spiro atoms. The SMILES string of the molecule is N[C@@H](Cc1ccc(O)c(O)c1)C(=O)O.OCCC(O)CO. The van der Waals surface area contributed by atoms with Crippen LogP contribution in [0.5, 0.6) is 11.5 Å². The van der Waals surface area contributed by atoms with E-state index in [9.17, 15) is 4.79 Å². The predicted octanol–water partition coefficient (Wildman–Crippen LogP) is -1.23. The number of nitrogens with two attached hydrogens (primary N) is 1. The molecule has 0 amide bonds. The van der Waals surface area contributed by atoms with Gasteiger partial charge in [0, 0.05) is 6.61 Å². The number of hydrogen-bond acceptors (Lipinski definition) is 7. The van der Waals surface area contributed by atoms with Gasteiger partial charge < -0.3 is 36.4 Å². The molecule has 0 saturated heterocycles. The topological polar surface area (TPSA) is 164 Å². The molecule has 8 N–H and O–H groups in total. The molecule has 120 valence electrons. The van der Waals surface area contributed by atoms with Crippen molar-refractivity contribution in [1.82, 2.24) is 0 Å². The van der Waals surface area contributed by atoms with Gasteiger partial charge in [0.25, 0.3) is 0 Å². The number of phenolic OH excluding ortho intramolecular Hbond substituents is 2. The summed E-state index contributed by atoms with van der Waals surface area (Å²) in [5, 5.41) is 51.3. The number of hydrogen-bond donors (Lipinski definition) is 7. The minimum atomic E-state index is -1.10. The number of carbonyl (C=O) groups is 1. The summed E-state index contributed by atoms with van der Waals surface area (Å²) in [6.45, 7) is -0.331. The first-order chi connectivity index (χ1) is 9.81. The molecule has 0 bridgehead atoms. The molecule has 0 saturated carbocycles. The van der Waals surface area contributed by atoms with Crippen LogP contribution >= 0.6 is 0 Å². The van der Waals surface area contributed by atoms with Gasteiger partial charge in [-0.05, 0) is 30.5 Å². The van der Waals surface area contributed by atoms with Gasteiger partial charge in [0.1, 0.15) is 6.04 Å². The average Bonchev–Trinajstić information content (AvgIpc) is 2.43. The molecule has 8 heteroatoms. The number of benzene rings is 1. The summed E-state index contributed by atoms with van der Waals surface area (Å²) in [6.07, 6.45) is -0.371. The molecule has 0 heterocycles. The zero-order valence-corrected chi connectivity index (χ0v) is 11.4. The lowest BCUT2D eigenvalue weighted by atomic mass is 10.1. The van der Waals surface area contributed by atoms with Gasteiger partial charge in [-0.15, -0.1) is 0 Å². The minimum Gasteiger partial charge on any atom is -0.504 e. The fourth-order valence-corrected chi connectivity index (χ4v) is 1.28. The lowest BCUT2D eigenvalue weighted by Gasteiger charge is -2.06. The summed E-state index contributed by atoms with van der Waals surface area (Å²) in [6, 6.07) is 3.09. The Bertz CT molecular complexity index is 439. The van der Waals surface area contributed by atoms with Crippen LogP contribution in [0.25, 0.3) is 0 Å². The minimum absolute atomic E-state index is 0.0677. The first-order valence-electron chi connectivity index (χ1n) is 6.20. The quantitative estimate of drug-likeness (QED) is 0.321.